The quantitative estimate of drug-likeness (QED) is 0.610. The van der Waals surface area contributed by atoms with E-state index in [2.05, 4.69) is 5.32 Å². The highest BCUT2D eigenvalue weighted by atomic mass is 16.6. The molecule has 6 nitrogen and oxygen atoms in total. The second-order valence-electron chi connectivity index (χ2n) is 6.00. The normalized spacial score (nSPS) is 11.5. The fourth-order valence-corrected chi connectivity index (χ4v) is 2.67. The molecule has 0 spiro atoms. The predicted molar refractivity (Wildman–Crippen MR) is 105 cm³/mol. The number of anilines is 1. The van der Waals surface area contributed by atoms with Gasteiger partial charge in [0.25, 0.3) is 5.91 Å². The number of furan rings is 1. The van der Waals surface area contributed by atoms with Crippen molar-refractivity contribution in [1.29, 1.82) is 0 Å². The zero-order valence-corrected chi connectivity index (χ0v) is 15.7. The molecule has 1 heterocycles. The van der Waals surface area contributed by atoms with Crippen LogP contribution >= 0.6 is 0 Å². The van der Waals surface area contributed by atoms with Crippen molar-refractivity contribution in [2.24, 2.45) is 0 Å². The summed E-state index contributed by atoms with van der Waals surface area (Å²) in [5, 5.41) is 2.72. The number of rotatable bonds is 7. The lowest BCUT2D eigenvalue weighted by Crippen LogP contribution is -2.30. The summed E-state index contributed by atoms with van der Waals surface area (Å²) < 4.78 is 16.1. The van der Waals surface area contributed by atoms with Gasteiger partial charge in [0, 0.05) is 5.56 Å². The van der Waals surface area contributed by atoms with Gasteiger partial charge in [-0.15, -0.1) is 0 Å². The molecule has 1 amide bonds. The van der Waals surface area contributed by atoms with E-state index in [1.165, 1.54) is 13.2 Å². The highest BCUT2D eigenvalue weighted by Crippen LogP contribution is 2.26. The van der Waals surface area contributed by atoms with Gasteiger partial charge in [-0.05, 0) is 37.6 Å². The number of benzene rings is 2. The Morgan fingerprint density at radius 1 is 1.04 bits per heavy atom. The van der Waals surface area contributed by atoms with Crippen LogP contribution in [0.5, 0.6) is 5.75 Å². The largest absolute Gasteiger partial charge is 0.492 e. The van der Waals surface area contributed by atoms with E-state index in [1.54, 1.807) is 24.3 Å². The monoisotopic (exact) mass is 379 g/mol. The molecule has 28 heavy (non-hydrogen) atoms. The molecule has 0 saturated heterocycles. The van der Waals surface area contributed by atoms with Crippen molar-refractivity contribution in [2.75, 3.05) is 11.9 Å². The number of carbonyl (C=O) groups is 2. The summed E-state index contributed by atoms with van der Waals surface area (Å²) in [5.41, 5.74) is 1.95. The minimum absolute atomic E-state index is 0.0561. The lowest BCUT2D eigenvalue weighted by atomic mass is 10.1. The first-order chi connectivity index (χ1) is 13.6. The summed E-state index contributed by atoms with van der Waals surface area (Å²) in [4.78, 5) is 25.0. The van der Waals surface area contributed by atoms with Crippen LogP contribution in [0, 0.1) is 0 Å². The van der Waals surface area contributed by atoms with Gasteiger partial charge in [0.2, 0.25) is 5.76 Å². The molecule has 0 fully saturated rings. The third-order valence-corrected chi connectivity index (χ3v) is 4.03. The van der Waals surface area contributed by atoms with E-state index in [0.29, 0.717) is 23.6 Å². The first-order valence-electron chi connectivity index (χ1n) is 8.96. The maximum Gasteiger partial charge on any atom is 0.375 e. The fraction of sp³-hybridized carbons (Fsp3) is 0.182. The van der Waals surface area contributed by atoms with Crippen molar-refractivity contribution in [3.63, 3.8) is 0 Å². The van der Waals surface area contributed by atoms with E-state index in [0.717, 1.165) is 5.56 Å². The second-order valence-corrected chi connectivity index (χ2v) is 6.00. The van der Waals surface area contributed by atoms with Gasteiger partial charge in [-0.2, -0.15) is 0 Å². The van der Waals surface area contributed by atoms with Gasteiger partial charge in [0.15, 0.2) is 6.10 Å². The highest BCUT2D eigenvalue weighted by molar-refractivity contribution is 5.99. The molecule has 3 aromatic rings. The number of nitrogens with one attached hydrogen (secondary N) is 1. The Bertz CT molecular complexity index is 948. The van der Waals surface area contributed by atoms with Crippen molar-refractivity contribution in [3.05, 3.63) is 72.7 Å². The zero-order valence-electron chi connectivity index (χ0n) is 15.7. The van der Waals surface area contributed by atoms with E-state index in [-0.39, 0.29) is 5.76 Å². The van der Waals surface area contributed by atoms with Crippen LogP contribution in [0.3, 0.4) is 0 Å². The van der Waals surface area contributed by atoms with Crippen LogP contribution in [0.4, 0.5) is 5.69 Å². The molecular formula is C22H21NO5. The topological polar surface area (TPSA) is 77.8 Å². The molecule has 3 rings (SSSR count). The highest BCUT2D eigenvalue weighted by Gasteiger charge is 2.24. The van der Waals surface area contributed by atoms with Crippen LogP contribution in [-0.4, -0.2) is 24.6 Å². The minimum atomic E-state index is -1.02. The van der Waals surface area contributed by atoms with Crippen molar-refractivity contribution >= 4 is 17.6 Å². The van der Waals surface area contributed by atoms with E-state index < -0.39 is 18.0 Å². The Labute approximate surface area is 163 Å². The minimum Gasteiger partial charge on any atom is -0.492 e. The number of ether oxygens (including phenoxy) is 2. The first-order valence-corrected chi connectivity index (χ1v) is 8.96. The van der Waals surface area contributed by atoms with Crippen molar-refractivity contribution < 1.29 is 23.5 Å². The summed E-state index contributed by atoms with van der Waals surface area (Å²) in [6.45, 7) is 3.83. The molecule has 0 aliphatic rings. The Balaban J connectivity index is 1.69. The molecule has 1 unspecified atom stereocenters. The molecular weight excluding hydrogens is 358 g/mol. The number of esters is 1. The lowest BCUT2D eigenvalue weighted by Gasteiger charge is -2.15. The van der Waals surface area contributed by atoms with E-state index in [4.69, 9.17) is 13.9 Å². The Morgan fingerprint density at radius 2 is 1.75 bits per heavy atom. The Kier molecular flexibility index (Phi) is 6.11. The molecule has 6 heteroatoms. The van der Waals surface area contributed by atoms with Crippen LogP contribution in [0.15, 0.2) is 71.3 Å². The Morgan fingerprint density at radius 3 is 2.50 bits per heavy atom. The first kappa shape index (κ1) is 19.2. The molecule has 1 aromatic heterocycles. The molecule has 0 bridgehead atoms. The van der Waals surface area contributed by atoms with Crippen LogP contribution in [-0.2, 0) is 9.53 Å². The van der Waals surface area contributed by atoms with E-state index in [1.807, 2.05) is 43.3 Å². The van der Waals surface area contributed by atoms with Crippen LogP contribution in [0.1, 0.15) is 24.4 Å². The predicted octanol–water partition coefficient (Wildman–Crippen LogP) is 4.53. The maximum atomic E-state index is 12.5. The Hall–Kier alpha value is -3.54. The van der Waals surface area contributed by atoms with Gasteiger partial charge >= 0.3 is 5.97 Å². The summed E-state index contributed by atoms with van der Waals surface area (Å²) in [6.07, 6.45) is 0.401. The van der Waals surface area contributed by atoms with Gasteiger partial charge in [-0.25, -0.2) is 4.79 Å². The molecule has 0 aliphatic heterocycles. The van der Waals surface area contributed by atoms with Crippen LogP contribution in [0.25, 0.3) is 11.1 Å². The summed E-state index contributed by atoms with van der Waals surface area (Å²) in [6, 6.07) is 18.1. The molecule has 0 saturated carbocycles. The molecule has 1 N–H and O–H groups in total. The van der Waals surface area contributed by atoms with Crippen molar-refractivity contribution in [1.82, 2.24) is 0 Å². The van der Waals surface area contributed by atoms with Crippen LogP contribution < -0.4 is 10.1 Å². The summed E-state index contributed by atoms with van der Waals surface area (Å²) >= 11 is 0. The smallest absolute Gasteiger partial charge is 0.375 e. The molecule has 0 aliphatic carbocycles. The van der Waals surface area contributed by atoms with E-state index >= 15 is 0 Å². The number of para-hydroxylation sites is 2. The van der Waals surface area contributed by atoms with Gasteiger partial charge in [0.1, 0.15) is 5.75 Å². The van der Waals surface area contributed by atoms with Gasteiger partial charge in [-0.1, -0.05) is 42.5 Å². The molecule has 144 valence electrons. The third kappa shape index (κ3) is 4.40. The standard InChI is InChI=1S/C22H21NO5/c1-3-26-19-12-8-7-11-18(19)23-21(24)15(2)28-22(25)20-17(13-14-27-20)16-9-5-4-6-10-16/h4-15H,3H2,1-2H3,(H,23,24). The second kappa shape index (κ2) is 8.90. The molecule has 0 radical (unpaired) electrons. The van der Waals surface area contributed by atoms with Crippen LogP contribution in [0.2, 0.25) is 0 Å². The lowest BCUT2D eigenvalue weighted by molar-refractivity contribution is -0.123. The maximum absolute atomic E-state index is 12.5. The van der Waals surface area contributed by atoms with Gasteiger partial charge in [0.05, 0.1) is 18.6 Å². The fourth-order valence-electron chi connectivity index (χ4n) is 2.67. The molecule has 1 atom stereocenters. The third-order valence-electron chi connectivity index (χ3n) is 4.03. The van der Waals surface area contributed by atoms with Crippen molar-refractivity contribution in [3.8, 4) is 16.9 Å². The average molecular weight is 379 g/mol. The summed E-state index contributed by atoms with van der Waals surface area (Å²) in [7, 11) is 0. The zero-order chi connectivity index (χ0) is 19.9. The average Bonchev–Trinajstić information content (AvgIpc) is 3.20. The van der Waals surface area contributed by atoms with E-state index in [9.17, 15) is 9.59 Å². The van der Waals surface area contributed by atoms with Gasteiger partial charge < -0.3 is 19.2 Å². The summed E-state index contributed by atoms with van der Waals surface area (Å²) in [5.74, 6) is -0.562. The number of carbonyl (C=O) groups excluding carboxylic acids is 2. The van der Waals surface area contributed by atoms with Crippen molar-refractivity contribution in [2.45, 2.75) is 20.0 Å². The number of hydrogen-bond acceptors (Lipinski definition) is 5. The molecule has 2 aromatic carbocycles. The SMILES string of the molecule is CCOc1ccccc1NC(=O)C(C)OC(=O)c1occc1-c1ccccc1. The number of hydrogen-bond donors (Lipinski definition) is 1. The van der Waals surface area contributed by atoms with Gasteiger partial charge in [-0.3, -0.25) is 4.79 Å². The number of amides is 1.